The van der Waals surface area contributed by atoms with Gasteiger partial charge in [-0.3, -0.25) is 9.78 Å². The molecule has 0 bridgehead atoms. The van der Waals surface area contributed by atoms with Gasteiger partial charge in [0.2, 0.25) is 5.89 Å². The van der Waals surface area contributed by atoms with E-state index in [4.69, 9.17) is 9.26 Å². The summed E-state index contributed by atoms with van der Waals surface area (Å²) in [7, 11) is 0. The maximum absolute atomic E-state index is 12.8. The highest BCUT2D eigenvalue weighted by Gasteiger charge is 2.37. The molecule has 1 amide bonds. The van der Waals surface area contributed by atoms with Crippen LogP contribution in [0.2, 0.25) is 0 Å². The molecule has 2 atom stereocenters. The molecular formula is C17H20N4O3. The number of aromatic nitrogens is 3. The van der Waals surface area contributed by atoms with E-state index in [1.54, 1.807) is 31.5 Å². The highest BCUT2D eigenvalue weighted by Crippen LogP contribution is 2.40. The molecule has 24 heavy (non-hydrogen) atoms. The summed E-state index contributed by atoms with van der Waals surface area (Å²) in [6.45, 7) is 2.45. The fraction of sp³-hybridized carbons (Fsp3) is 0.529. The Hall–Kier alpha value is -2.44. The molecule has 0 aromatic carbocycles. The first kappa shape index (κ1) is 15.1. The number of rotatable bonds is 5. The summed E-state index contributed by atoms with van der Waals surface area (Å²) in [4.78, 5) is 23.1. The molecule has 1 aliphatic heterocycles. The molecule has 7 nitrogen and oxygen atoms in total. The molecule has 3 heterocycles. The Balaban J connectivity index is 1.45. The van der Waals surface area contributed by atoms with Gasteiger partial charge in [0, 0.05) is 18.7 Å². The van der Waals surface area contributed by atoms with Crippen molar-refractivity contribution in [2.24, 2.45) is 0 Å². The topological polar surface area (TPSA) is 81.4 Å². The Labute approximate surface area is 140 Å². The van der Waals surface area contributed by atoms with Gasteiger partial charge in [-0.25, -0.2) is 0 Å². The van der Waals surface area contributed by atoms with Crippen molar-refractivity contribution in [2.75, 3.05) is 6.54 Å². The molecule has 126 valence electrons. The van der Waals surface area contributed by atoms with E-state index in [0.717, 1.165) is 25.7 Å². The second-order valence-electron chi connectivity index (χ2n) is 6.40. The lowest BCUT2D eigenvalue weighted by molar-refractivity contribution is -0.139. The number of carbonyl (C=O) groups excluding carboxylic acids is 1. The van der Waals surface area contributed by atoms with E-state index in [9.17, 15) is 4.79 Å². The molecule has 4 rings (SSSR count). The highest BCUT2D eigenvalue weighted by atomic mass is 16.5. The largest absolute Gasteiger partial charge is 0.479 e. The lowest BCUT2D eigenvalue weighted by Crippen LogP contribution is -2.40. The lowest BCUT2D eigenvalue weighted by atomic mass is 10.2. The second-order valence-corrected chi connectivity index (χ2v) is 6.40. The number of likely N-dealkylation sites (tertiary alicyclic amines) is 1. The normalized spacial score (nSPS) is 21.7. The Kier molecular flexibility index (Phi) is 3.92. The summed E-state index contributed by atoms with van der Waals surface area (Å²) in [5.74, 6) is 2.29. The lowest BCUT2D eigenvalue weighted by Gasteiger charge is -2.25. The third-order valence-electron chi connectivity index (χ3n) is 4.51. The van der Waals surface area contributed by atoms with Crippen molar-refractivity contribution >= 4 is 5.91 Å². The number of hydrogen-bond donors (Lipinski definition) is 0. The molecule has 1 aliphatic carbocycles. The average molecular weight is 328 g/mol. The van der Waals surface area contributed by atoms with Gasteiger partial charge >= 0.3 is 0 Å². The van der Waals surface area contributed by atoms with Gasteiger partial charge in [0.05, 0.1) is 12.2 Å². The summed E-state index contributed by atoms with van der Waals surface area (Å²) < 4.78 is 11.1. The third kappa shape index (κ3) is 2.98. The molecule has 2 fully saturated rings. The minimum Gasteiger partial charge on any atom is -0.479 e. The van der Waals surface area contributed by atoms with Crippen molar-refractivity contribution in [3.8, 4) is 5.75 Å². The Morgan fingerprint density at radius 3 is 3.04 bits per heavy atom. The van der Waals surface area contributed by atoms with Crippen molar-refractivity contribution < 1.29 is 14.1 Å². The first-order valence-electron chi connectivity index (χ1n) is 8.43. The molecule has 2 aromatic heterocycles. The predicted octanol–water partition coefficient (Wildman–Crippen LogP) is 2.47. The van der Waals surface area contributed by atoms with Crippen LogP contribution in [0.25, 0.3) is 0 Å². The van der Waals surface area contributed by atoms with Crippen LogP contribution in [0.1, 0.15) is 56.3 Å². The SMILES string of the molecule is C[C@H](Oc1cccnc1)C(=O)N1CCC[C@H]1c1noc(C2CC2)n1. The summed E-state index contributed by atoms with van der Waals surface area (Å²) in [5, 5.41) is 4.10. The van der Waals surface area contributed by atoms with Crippen LogP contribution in [-0.4, -0.2) is 38.6 Å². The van der Waals surface area contributed by atoms with Crippen LogP contribution in [0.4, 0.5) is 0 Å². The van der Waals surface area contributed by atoms with Crippen molar-refractivity contribution in [3.63, 3.8) is 0 Å². The molecule has 0 spiro atoms. The van der Waals surface area contributed by atoms with E-state index < -0.39 is 6.10 Å². The minimum atomic E-state index is -0.579. The fourth-order valence-electron chi connectivity index (χ4n) is 3.08. The van der Waals surface area contributed by atoms with Crippen LogP contribution in [0.3, 0.4) is 0 Å². The highest BCUT2D eigenvalue weighted by molar-refractivity contribution is 5.81. The van der Waals surface area contributed by atoms with Crippen LogP contribution in [-0.2, 0) is 4.79 Å². The molecule has 7 heteroatoms. The first-order valence-corrected chi connectivity index (χ1v) is 8.43. The van der Waals surface area contributed by atoms with Crippen molar-refractivity contribution in [3.05, 3.63) is 36.2 Å². The molecule has 2 aromatic rings. The van der Waals surface area contributed by atoms with Gasteiger partial charge in [-0.2, -0.15) is 4.98 Å². The molecule has 0 radical (unpaired) electrons. The van der Waals surface area contributed by atoms with Gasteiger partial charge in [0.15, 0.2) is 11.9 Å². The number of ether oxygens (including phenoxy) is 1. The zero-order valence-electron chi connectivity index (χ0n) is 13.6. The number of pyridine rings is 1. The quantitative estimate of drug-likeness (QED) is 0.838. The monoisotopic (exact) mass is 328 g/mol. The van der Waals surface area contributed by atoms with E-state index in [2.05, 4.69) is 15.1 Å². The van der Waals surface area contributed by atoms with Gasteiger partial charge in [-0.15, -0.1) is 0 Å². The Bertz CT molecular complexity index is 714. The van der Waals surface area contributed by atoms with Gasteiger partial charge < -0.3 is 14.2 Å². The van der Waals surface area contributed by atoms with E-state index in [0.29, 0.717) is 29.9 Å². The number of amides is 1. The van der Waals surface area contributed by atoms with E-state index in [1.165, 1.54) is 0 Å². The molecular weight excluding hydrogens is 308 g/mol. The van der Waals surface area contributed by atoms with Crippen molar-refractivity contribution in [1.82, 2.24) is 20.0 Å². The van der Waals surface area contributed by atoms with Gasteiger partial charge in [-0.05, 0) is 44.7 Å². The minimum absolute atomic E-state index is 0.0564. The summed E-state index contributed by atoms with van der Waals surface area (Å²) >= 11 is 0. The molecule has 1 saturated heterocycles. The smallest absolute Gasteiger partial charge is 0.263 e. The average Bonchev–Trinajstić information content (AvgIpc) is 3.14. The molecule has 2 aliphatic rings. The third-order valence-corrected chi connectivity index (χ3v) is 4.51. The standard InChI is InChI=1S/C17H20N4O3/c1-11(23-13-4-2-8-18-10-13)17(22)21-9-3-5-14(21)15-19-16(24-20-15)12-6-7-12/h2,4,8,10-12,14H,3,5-7,9H2,1H3/t11-,14-/m0/s1. The molecule has 0 unspecified atom stereocenters. The Morgan fingerprint density at radius 2 is 2.29 bits per heavy atom. The van der Waals surface area contributed by atoms with Crippen LogP contribution in [0.15, 0.2) is 29.0 Å². The fourth-order valence-corrected chi connectivity index (χ4v) is 3.08. The molecule has 0 N–H and O–H groups in total. The number of nitrogens with zero attached hydrogens (tertiary/aromatic N) is 4. The van der Waals surface area contributed by atoms with Gasteiger partial charge in [0.1, 0.15) is 5.75 Å². The zero-order chi connectivity index (χ0) is 16.5. The predicted molar refractivity (Wildman–Crippen MR) is 84.3 cm³/mol. The summed E-state index contributed by atoms with van der Waals surface area (Å²) in [6, 6.07) is 3.46. The maximum atomic E-state index is 12.8. The summed E-state index contributed by atoms with van der Waals surface area (Å²) in [5.41, 5.74) is 0. The van der Waals surface area contributed by atoms with Crippen LogP contribution < -0.4 is 4.74 Å². The first-order chi connectivity index (χ1) is 11.7. The second kappa shape index (κ2) is 6.22. The molecule has 1 saturated carbocycles. The van der Waals surface area contributed by atoms with Crippen LogP contribution in [0.5, 0.6) is 5.75 Å². The number of carbonyl (C=O) groups is 1. The van der Waals surface area contributed by atoms with Gasteiger partial charge in [0.25, 0.3) is 5.91 Å². The van der Waals surface area contributed by atoms with Gasteiger partial charge in [-0.1, -0.05) is 5.16 Å². The summed E-state index contributed by atoms with van der Waals surface area (Å²) in [6.07, 6.45) is 6.72. The Morgan fingerprint density at radius 1 is 1.42 bits per heavy atom. The van der Waals surface area contributed by atoms with E-state index in [-0.39, 0.29) is 11.9 Å². The number of hydrogen-bond acceptors (Lipinski definition) is 6. The van der Waals surface area contributed by atoms with Crippen LogP contribution in [0, 0.1) is 0 Å². The van der Waals surface area contributed by atoms with Crippen molar-refractivity contribution in [1.29, 1.82) is 0 Å². The zero-order valence-corrected chi connectivity index (χ0v) is 13.6. The van der Waals surface area contributed by atoms with Crippen LogP contribution >= 0.6 is 0 Å². The van der Waals surface area contributed by atoms with E-state index in [1.807, 2.05) is 4.90 Å². The maximum Gasteiger partial charge on any atom is 0.263 e. The van der Waals surface area contributed by atoms with E-state index >= 15 is 0 Å². The van der Waals surface area contributed by atoms with Crippen molar-refractivity contribution in [2.45, 2.75) is 50.7 Å².